The summed E-state index contributed by atoms with van der Waals surface area (Å²) < 4.78 is 0.919. The molecular weight excluding hydrogens is 370 g/mol. The van der Waals surface area contributed by atoms with Gasteiger partial charge in [0.15, 0.2) is 0 Å². The molecule has 1 aliphatic heterocycles. The number of nitrogens with zero attached hydrogens (tertiary/aromatic N) is 2. The second-order valence-corrected chi connectivity index (χ2v) is 7.38. The Labute approximate surface area is 150 Å². The molecule has 130 valence electrons. The highest BCUT2D eigenvalue weighted by Crippen LogP contribution is 2.38. The highest BCUT2D eigenvalue weighted by atomic mass is 79.9. The van der Waals surface area contributed by atoms with Crippen molar-refractivity contribution in [3.8, 4) is 0 Å². The zero-order valence-electron chi connectivity index (χ0n) is 14.1. The minimum atomic E-state index is -0.0260. The summed E-state index contributed by atoms with van der Waals surface area (Å²) in [5.74, 6) is 0.00147. The van der Waals surface area contributed by atoms with Crippen LogP contribution in [0.4, 0.5) is 11.4 Å². The average Bonchev–Trinajstić information content (AvgIpc) is 2.96. The van der Waals surface area contributed by atoms with E-state index >= 15 is 0 Å². The van der Waals surface area contributed by atoms with Crippen molar-refractivity contribution in [3.05, 3.63) is 16.9 Å². The lowest BCUT2D eigenvalue weighted by molar-refractivity contribution is -0.119. The standard InChI is InChI=1S/C17H24BrN5O/c1-3-10(2)17(24)22-13-8-21-16-14(13)15(12(18)7-20-16)23-6-4-5-11(19)9-23/h7-8,10-11H,3-6,9,19H2,1-2H3,(H,20,21)(H,22,24)/t10?,11-/m1/s1. The van der Waals surface area contributed by atoms with Gasteiger partial charge in [-0.05, 0) is 35.2 Å². The Hall–Kier alpha value is -1.60. The largest absolute Gasteiger partial charge is 0.368 e. The summed E-state index contributed by atoms with van der Waals surface area (Å²) in [5.41, 5.74) is 8.76. The fraction of sp³-hybridized carbons (Fsp3) is 0.529. The molecule has 0 aromatic carbocycles. The number of halogens is 1. The van der Waals surface area contributed by atoms with Crippen LogP contribution >= 0.6 is 15.9 Å². The van der Waals surface area contributed by atoms with Gasteiger partial charge >= 0.3 is 0 Å². The summed E-state index contributed by atoms with van der Waals surface area (Å²) >= 11 is 3.63. The van der Waals surface area contributed by atoms with Crippen molar-refractivity contribution in [3.63, 3.8) is 0 Å². The van der Waals surface area contributed by atoms with Crippen molar-refractivity contribution < 1.29 is 4.79 Å². The molecule has 4 N–H and O–H groups in total. The Morgan fingerprint density at radius 1 is 1.62 bits per heavy atom. The van der Waals surface area contributed by atoms with Gasteiger partial charge in [0.05, 0.1) is 21.2 Å². The van der Waals surface area contributed by atoms with Crippen molar-refractivity contribution in [2.24, 2.45) is 11.7 Å². The molecule has 6 nitrogen and oxygen atoms in total. The number of fused-ring (bicyclic) bond motifs is 1. The van der Waals surface area contributed by atoms with E-state index in [-0.39, 0.29) is 17.9 Å². The number of piperidine rings is 1. The highest BCUT2D eigenvalue weighted by molar-refractivity contribution is 9.10. The lowest BCUT2D eigenvalue weighted by Gasteiger charge is -2.33. The molecule has 1 saturated heterocycles. The van der Waals surface area contributed by atoms with Gasteiger partial charge in [-0.15, -0.1) is 0 Å². The molecule has 0 spiro atoms. The van der Waals surface area contributed by atoms with Gasteiger partial charge < -0.3 is 20.9 Å². The summed E-state index contributed by atoms with van der Waals surface area (Å²) in [6.07, 6.45) is 6.54. The number of nitrogens with two attached hydrogens (primary N) is 1. The maximum atomic E-state index is 12.3. The molecule has 2 aromatic heterocycles. The van der Waals surface area contributed by atoms with Gasteiger partial charge in [-0.1, -0.05) is 13.8 Å². The third kappa shape index (κ3) is 3.28. The van der Waals surface area contributed by atoms with Crippen molar-refractivity contribution >= 4 is 44.2 Å². The average molecular weight is 394 g/mol. The van der Waals surface area contributed by atoms with E-state index < -0.39 is 0 Å². The van der Waals surface area contributed by atoms with Gasteiger partial charge in [0, 0.05) is 37.4 Å². The molecule has 2 atom stereocenters. The zero-order chi connectivity index (χ0) is 17.3. The summed E-state index contributed by atoms with van der Waals surface area (Å²) in [5, 5.41) is 3.98. The minimum Gasteiger partial charge on any atom is -0.368 e. The van der Waals surface area contributed by atoms with E-state index in [0.29, 0.717) is 0 Å². The van der Waals surface area contributed by atoms with E-state index in [1.165, 1.54) is 0 Å². The first kappa shape index (κ1) is 17.2. The number of rotatable bonds is 4. The van der Waals surface area contributed by atoms with Crippen LogP contribution < -0.4 is 16.0 Å². The second kappa shape index (κ2) is 7.11. The molecule has 1 amide bonds. The van der Waals surface area contributed by atoms with E-state index in [9.17, 15) is 4.79 Å². The van der Waals surface area contributed by atoms with Gasteiger partial charge in [0.2, 0.25) is 5.91 Å². The molecule has 2 aromatic rings. The van der Waals surface area contributed by atoms with E-state index in [1.807, 2.05) is 20.0 Å². The SMILES string of the molecule is CCC(C)C(=O)Nc1c[nH]c2ncc(Br)c(N3CCC[C@@H](N)C3)c12. The Balaban J connectivity index is 2.02. The van der Waals surface area contributed by atoms with Crippen molar-refractivity contribution in [2.75, 3.05) is 23.3 Å². The number of aromatic nitrogens is 2. The molecule has 7 heteroatoms. The second-order valence-electron chi connectivity index (χ2n) is 6.53. The monoisotopic (exact) mass is 393 g/mol. The van der Waals surface area contributed by atoms with Crippen LogP contribution in [0.25, 0.3) is 11.0 Å². The number of pyridine rings is 1. The maximum absolute atomic E-state index is 12.3. The van der Waals surface area contributed by atoms with Crippen LogP contribution in [0.15, 0.2) is 16.9 Å². The number of hydrogen-bond acceptors (Lipinski definition) is 4. The first-order valence-corrected chi connectivity index (χ1v) is 9.27. The van der Waals surface area contributed by atoms with E-state index in [4.69, 9.17) is 5.73 Å². The lowest BCUT2D eigenvalue weighted by Crippen LogP contribution is -2.43. The molecule has 24 heavy (non-hydrogen) atoms. The number of aromatic amines is 1. The predicted molar refractivity (Wildman–Crippen MR) is 101 cm³/mol. The Bertz CT molecular complexity index is 744. The minimum absolute atomic E-state index is 0.0260. The zero-order valence-corrected chi connectivity index (χ0v) is 15.7. The highest BCUT2D eigenvalue weighted by Gasteiger charge is 2.24. The molecular formula is C17H24BrN5O. The van der Waals surface area contributed by atoms with Crippen molar-refractivity contribution in [1.82, 2.24) is 9.97 Å². The van der Waals surface area contributed by atoms with Gasteiger partial charge in [-0.25, -0.2) is 4.98 Å². The van der Waals surface area contributed by atoms with Gasteiger partial charge in [-0.2, -0.15) is 0 Å². The Morgan fingerprint density at radius 2 is 2.42 bits per heavy atom. The summed E-state index contributed by atoms with van der Waals surface area (Å²) in [4.78, 5) is 22.2. The van der Waals surface area contributed by atoms with Crippen LogP contribution in [0.2, 0.25) is 0 Å². The third-order valence-corrected chi connectivity index (χ3v) is 5.30. The lowest BCUT2D eigenvalue weighted by atomic mass is 10.0. The number of carbonyl (C=O) groups is 1. The number of carbonyl (C=O) groups excluding carboxylic acids is 1. The van der Waals surface area contributed by atoms with Crippen LogP contribution in [-0.4, -0.2) is 35.0 Å². The molecule has 1 unspecified atom stereocenters. The molecule has 0 aliphatic carbocycles. The van der Waals surface area contributed by atoms with Crippen LogP contribution in [0, 0.1) is 5.92 Å². The van der Waals surface area contributed by atoms with E-state index in [2.05, 4.69) is 36.1 Å². The molecule has 1 fully saturated rings. The molecule has 0 saturated carbocycles. The first-order chi connectivity index (χ1) is 11.5. The molecule has 0 bridgehead atoms. The number of amides is 1. The number of hydrogen-bond donors (Lipinski definition) is 3. The van der Waals surface area contributed by atoms with Gasteiger partial charge in [0.25, 0.3) is 0 Å². The van der Waals surface area contributed by atoms with Crippen molar-refractivity contribution in [2.45, 2.75) is 39.2 Å². The topological polar surface area (TPSA) is 87.0 Å². The van der Waals surface area contributed by atoms with Crippen LogP contribution in [-0.2, 0) is 4.79 Å². The molecule has 3 heterocycles. The third-order valence-electron chi connectivity index (χ3n) is 4.72. The van der Waals surface area contributed by atoms with Crippen LogP contribution in [0.5, 0.6) is 0 Å². The van der Waals surface area contributed by atoms with Crippen molar-refractivity contribution in [1.29, 1.82) is 0 Å². The fourth-order valence-electron chi connectivity index (χ4n) is 3.12. The van der Waals surface area contributed by atoms with Gasteiger partial charge in [0.1, 0.15) is 5.65 Å². The molecule has 0 radical (unpaired) electrons. The van der Waals surface area contributed by atoms with Gasteiger partial charge in [-0.3, -0.25) is 4.79 Å². The summed E-state index contributed by atoms with van der Waals surface area (Å²) in [6, 6.07) is 0.172. The number of nitrogens with one attached hydrogen (secondary N) is 2. The summed E-state index contributed by atoms with van der Waals surface area (Å²) in [6.45, 7) is 5.71. The first-order valence-electron chi connectivity index (χ1n) is 8.48. The van der Waals surface area contributed by atoms with E-state index in [1.54, 1.807) is 6.20 Å². The van der Waals surface area contributed by atoms with E-state index in [0.717, 1.165) is 59.2 Å². The quantitative estimate of drug-likeness (QED) is 0.743. The number of anilines is 2. The number of H-pyrrole nitrogens is 1. The van der Waals surface area contributed by atoms with Crippen LogP contribution in [0.3, 0.4) is 0 Å². The van der Waals surface area contributed by atoms with Crippen LogP contribution in [0.1, 0.15) is 33.1 Å². The normalized spacial score (nSPS) is 19.5. The maximum Gasteiger partial charge on any atom is 0.227 e. The fourth-order valence-corrected chi connectivity index (χ4v) is 3.67. The summed E-state index contributed by atoms with van der Waals surface area (Å²) in [7, 11) is 0. The molecule has 3 rings (SSSR count). The Kier molecular flexibility index (Phi) is 5.10. The smallest absolute Gasteiger partial charge is 0.227 e. The molecule has 1 aliphatic rings. The Morgan fingerprint density at radius 3 is 3.12 bits per heavy atom. The predicted octanol–water partition coefficient (Wildman–Crippen LogP) is 3.24.